The molecule has 5 heteroatoms. The van der Waals surface area contributed by atoms with E-state index in [4.69, 9.17) is 9.84 Å². The van der Waals surface area contributed by atoms with Gasteiger partial charge in [-0.15, -0.1) is 0 Å². The van der Waals surface area contributed by atoms with Crippen LogP contribution in [0.5, 0.6) is 0 Å². The van der Waals surface area contributed by atoms with Crippen LogP contribution in [-0.2, 0) is 14.3 Å². The summed E-state index contributed by atoms with van der Waals surface area (Å²) >= 11 is 0. The molecule has 1 heterocycles. The van der Waals surface area contributed by atoms with E-state index in [1.54, 1.807) is 0 Å². The van der Waals surface area contributed by atoms with Gasteiger partial charge in [-0.25, -0.2) is 4.79 Å². The van der Waals surface area contributed by atoms with Gasteiger partial charge in [-0.2, -0.15) is 0 Å². The van der Waals surface area contributed by atoms with Crippen LogP contribution >= 0.6 is 0 Å². The fourth-order valence-electron chi connectivity index (χ4n) is 2.05. The van der Waals surface area contributed by atoms with Crippen molar-refractivity contribution >= 4 is 11.9 Å². The molecule has 1 unspecified atom stereocenters. The fourth-order valence-corrected chi connectivity index (χ4v) is 2.05. The van der Waals surface area contributed by atoms with Crippen LogP contribution in [0.1, 0.15) is 19.3 Å². The third-order valence-electron chi connectivity index (χ3n) is 3.17. The molecule has 1 amide bonds. The van der Waals surface area contributed by atoms with Gasteiger partial charge in [0.15, 0.2) is 5.54 Å². The number of aliphatic carboxylic acids is 1. The number of carbonyl (C=O) groups is 2. The quantitative estimate of drug-likeness (QED) is 0.678. The summed E-state index contributed by atoms with van der Waals surface area (Å²) in [5.74, 6) is -1.31. The maximum Gasteiger partial charge on any atom is 0.331 e. The average molecular weight is 225 g/mol. The Morgan fingerprint density at radius 1 is 1.38 bits per heavy atom. The molecule has 88 valence electrons. The SMILES string of the molecule is O=C(NC1(C(=O)O)CCOC1)C1CC=CC1. The summed E-state index contributed by atoms with van der Waals surface area (Å²) in [6.45, 7) is 0.448. The van der Waals surface area contributed by atoms with Gasteiger partial charge in [0, 0.05) is 18.9 Å². The van der Waals surface area contributed by atoms with E-state index >= 15 is 0 Å². The van der Waals surface area contributed by atoms with Crippen molar-refractivity contribution in [1.82, 2.24) is 5.32 Å². The largest absolute Gasteiger partial charge is 0.479 e. The first-order chi connectivity index (χ1) is 7.64. The monoisotopic (exact) mass is 225 g/mol. The molecule has 2 aliphatic rings. The fraction of sp³-hybridized carbons (Fsp3) is 0.636. The first kappa shape index (κ1) is 11.1. The minimum Gasteiger partial charge on any atom is -0.479 e. The predicted octanol–water partition coefficient (Wildman–Crippen LogP) is 0.312. The highest BCUT2D eigenvalue weighted by atomic mass is 16.5. The van der Waals surface area contributed by atoms with Crippen molar-refractivity contribution < 1.29 is 19.4 Å². The number of hydrogen-bond donors (Lipinski definition) is 2. The van der Waals surface area contributed by atoms with Crippen molar-refractivity contribution in [2.45, 2.75) is 24.8 Å². The van der Waals surface area contributed by atoms with Crippen LogP contribution in [-0.4, -0.2) is 35.7 Å². The number of carboxylic acid groups (broad SMARTS) is 1. The number of allylic oxidation sites excluding steroid dienone is 2. The van der Waals surface area contributed by atoms with Gasteiger partial charge in [0.2, 0.25) is 5.91 Å². The smallest absolute Gasteiger partial charge is 0.331 e. The molecule has 1 aliphatic carbocycles. The topological polar surface area (TPSA) is 75.6 Å². The molecule has 1 saturated heterocycles. The van der Waals surface area contributed by atoms with E-state index < -0.39 is 11.5 Å². The number of carbonyl (C=O) groups excluding carboxylic acids is 1. The second kappa shape index (κ2) is 4.25. The molecule has 1 atom stereocenters. The molecule has 2 N–H and O–H groups in total. The zero-order chi connectivity index (χ0) is 11.6. The average Bonchev–Trinajstić information content (AvgIpc) is 2.88. The Labute approximate surface area is 93.5 Å². The first-order valence-electron chi connectivity index (χ1n) is 5.42. The summed E-state index contributed by atoms with van der Waals surface area (Å²) in [6.07, 6.45) is 5.63. The summed E-state index contributed by atoms with van der Waals surface area (Å²) in [5, 5.41) is 11.8. The van der Waals surface area contributed by atoms with Crippen LogP contribution in [0, 0.1) is 5.92 Å². The highest BCUT2D eigenvalue weighted by molar-refractivity contribution is 5.88. The van der Waals surface area contributed by atoms with Gasteiger partial charge in [0.1, 0.15) is 0 Å². The Hall–Kier alpha value is -1.36. The highest BCUT2D eigenvalue weighted by Gasteiger charge is 2.44. The highest BCUT2D eigenvalue weighted by Crippen LogP contribution is 2.23. The van der Waals surface area contributed by atoms with Crippen molar-refractivity contribution in [1.29, 1.82) is 0 Å². The molecule has 2 rings (SSSR count). The normalized spacial score (nSPS) is 29.5. The zero-order valence-electron chi connectivity index (χ0n) is 8.94. The Balaban J connectivity index is 2.00. The lowest BCUT2D eigenvalue weighted by molar-refractivity contribution is -0.148. The molecule has 0 saturated carbocycles. The van der Waals surface area contributed by atoms with Crippen LogP contribution < -0.4 is 5.32 Å². The van der Waals surface area contributed by atoms with Gasteiger partial charge in [0.25, 0.3) is 0 Å². The van der Waals surface area contributed by atoms with Gasteiger partial charge < -0.3 is 15.2 Å². The number of amides is 1. The van der Waals surface area contributed by atoms with E-state index in [0.717, 1.165) is 0 Å². The predicted molar refractivity (Wildman–Crippen MR) is 55.8 cm³/mol. The molecule has 1 fully saturated rings. The maximum absolute atomic E-state index is 11.8. The lowest BCUT2D eigenvalue weighted by Gasteiger charge is -2.25. The minimum atomic E-state index is -1.21. The van der Waals surface area contributed by atoms with Crippen molar-refractivity contribution in [2.75, 3.05) is 13.2 Å². The number of ether oxygens (including phenoxy) is 1. The molecule has 0 bridgehead atoms. The summed E-state index contributed by atoms with van der Waals surface area (Å²) in [5.41, 5.74) is -1.21. The van der Waals surface area contributed by atoms with E-state index in [-0.39, 0.29) is 18.4 Å². The summed E-state index contributed by atoms with van der Waals surface area (Å²) in [4.78, 5) is 23.0. The molecule has 1 aliphatic heterocycles. The third-order valence-corrected chi connectivity index (χ3v) is 3.17. The van der Waals surface area contributed by atoms with Gasteiger partial charge in [0.05, 0.1) is 6.61 Å². The van der Waals surface area contributed by atoms with Crippen LogP contribution in [0.25, 0.3) is 0 Å². The molecular weight excluding hydrogens is 210 g/mol. The number of carboxylic acids is 1. The van der Waals surface area contributed by atoms with Crippen LogP contribution in [0.3, 0.4) is 0 Å². The van der Waals surface area contributed by atoms with E-state index in [0.29, 0.717) is 25.9 Å². The van der Waals surface area contributed by atoms with Gasteiger partial charge in [-0.1, -0.05) is 12.2 Å². The number of rotatable bonds is 3. The van der Waals surface area contributed by atoms with E-state index in [1.165, 1.54) is 0 Å². The molecule has 0 radical (unpaired) electrons. The molecule has 5 nitrogen and oxygen atoms in total. The Morgan fingerprint density at radius 2 is 2.06 bits per heavy atom. The standard InChI is InChI=1S/C11H15NO4/c13-9(8-3-1-2-4-8)12-11(10(14)15)5-6-16-7-11/h1-2,8H,3-7H2,(H,12,13)(H,14,15). The van der Waals surface area contributed by atoms with E-state index in [2.05, 4.69) is 5.32 Å². The Kier molecular flexibility index (Phi) is 2.96. The third kappa shape index (κ3) is 1.95. The van der Waals surface area contributed by atoms with Crippen LogP contribution in [0.15, 0.2) is 12.2 Å². The molecule has 16 heavy (non-hydrogen) atoms. The van der Waals surface area contributed by atoms with Gasteiger partial charge >= 0.3 is 5.97 Å². The second-order valence-corrected chi connectivity index (χ2v) is 4.32. The first-order valence-corrected chi connectivity index (χ1v) is 5.42. The summed E-state index contributed by atoms with van der Waals surface area (Å²) in [6, 6.07) is 0. The molecule has 0 aromatic heterocycles. The number of hydrogen-bond acceptors (Lipinski definition) is 3. The summed E-state index contributed by atoms with van der Waals surface area (Å²) in [7, 11) is 0. The van der Waals surface area contributed by atoms with Crippen LogP contribution in [0.2, 0.25) is 0 Å². The molecule has 0 aromatic rings. The summed E-state index contributed by atoms with van der Waals surface area (Å²) < 4.78 is 5.07. The van der Waals surface area contributed by atoms with Gasteiger partial charge in [-0.05, 0) is 12.8 Å². The lowest BCUT2D eigenvalue weighted by Crippen LogP contribution is -2.56. The Morgan fingerprint density at radius 3 is 2.56 bits per heavy atom. The zero-order valence-corrected chi connectivity index (χ0v) is 8.94. The van der Waals surface area contributed by atoms with Gasteiger partial charge in [-0.3, -0.25) is 4.79 Å². The van der Waals surface area contributed by atoms with Crippen molar-refractivity contribution in [3.8, 4) is 0 Å². The molecular formula is C11H15NO4. The second-order valence-electron chi connectivity index (χ2n) is 4.32. The molecule has 0 spiro atoms. The van der Waals surface area contributed by atoms with Crippen molar-refractivity contribution in [3.05, 3.63) is 12.2 Å². The van der Waals surface area contributed by atoms with Crippen LogP contribution in [0.4, 0.5) is 0 Å². The van der Waals surface area contributed by atoms with E-state index in [9.17, 15) is 9.59 Å². The maximum atomic E-state index is 11.8. The Bertz CT molecular complexity index is 323. The molecule has 0 aromatic carbocycles. The van der Waals surface area contributed by atoms with Crippen molar-refractivity contribution in [2.24, 2.45) is 5.92 Å². The van der Waals surface area contributed by atoms with E-state index in [1.807, 2.05) is 12.2 Å². The van der Waals surface area contributed by atoms with Crippen molar-refractivity contribution in [3.63, 3.8) is 0 Å². The lowest BCUT2D eigenvalue weighted by atomic mass is 9.96. The number of nitrogens with one attached hydrogen (secondary N) is 1. The minimum absolute atomic E-state index is 0.0637.